The summed E-state index contributed by atoms with van der Waals surface area (Å²) in [4.78, 5) is 0. The molecular weight excluding hydrogens is 352 g/mol. The first-order valence-corrected chi connectivity index (χ1v) is 11.0. The van der Waals surface area contributed by atoms with Crippen LogP contribution in [0.4, 0.5) is 0 Å². The van der Waals surface area contributed by atoms with Gasteiger partial charge in [0.2, 0.25) is 0 Å². The highest BCUT2D eigenvalue weighted by molar-refractivity contribution is 5.82. The number of phenolic OH excluding ortho intramolecular Hbond substituents is 1. The van der Waals surface area contributed by atoms with E-state index in [1.54, 1.807) is 0 Å². The molecule has 2 aromatic rings. The van der Waals surface area contributed by atoms with Crippen LogP contribution in [0.2, 0.25) is 0 Å². The van der Waals surface area contributed by atoms with Crippen molar-refractivity contribution < 1.29 is 5.11 Å². The maximum absolute atomic E-state index is 11.6. The third-order valence-corrected chi connectivity index (χ3v) is 5.86. The van der Waals surface area contributed by atoms with Crippen molar-refractivity contribution in [1.82, 2.24) is 0 Å². The molecule has 1 N–H and O–H groups in total. The minimum absolute atomic E-state index is 0.0184. The van der Waals surface area contributed by atoms with Gasteiger partial charge in [0.1, 0.15) is 5.75 Å². The fourth-order valence-corrected chi connectivity index (χ4v) is 4.49. The molecule has 29 heavy (non-hydrogen) atoms. The normalized spacial score (nSPS) is 13.1. The van der Waals surface area contributed by atoms with E-state index in [-0.39, 0.29) is 16.2 Å². The summed E-state index contributed by atoms with van der Waals surface area (Å²) >= 11 is 0. The second-order valence-electron chi connectivity index (χ2n) is 11.8. The summed E-state index contributed by atoms with van der Waals surface area (Å²) < 4.78 is 0. The first-order valence-electron chi connectivity index (χ1n) is 11.0. The molecule has 0 unspecified atom stereocenters. The van der Waals surface area contributed by atoms with E-state index in [4.69, 9.17) is 0 Å². The van der Waals surface area contributed by atoms with Crippen LogP contribution < -0.4 is 0 Å². The Morgan fingerprint density at radius 3 is 1.62 bits per heavy atom. The minimum Gasteiger partial charge on any atom is -0.507 e. The molecule has 2 rings (SSSR count). The van der Waals surface area contributed by atoms with Gasteiger partial charge >= 0.3 is 0 Å². The summed E-state index contributed by atoms with van der Waals surface area (Å²) in [5.41, 5.74) is 9.69. The minimum atomic E-state index is -0.170. The van der Waals surface area contributed by atoms with E-state index in [1.165, 1.54) is 33.4 Å². The van der Waals surface area contributed by atoms with Gasteiger partial charge in [0.25, 0.3) is 0 Å². The monoisotopic (exact) mass is 394 g/mol. The number of aryl methyl sites for hydroxylation is 3. The summed E-state index contributed by atoms with van der Waals surface area (Å²) in [5.74, 6) is 0.469. The summed E-state index contributed by atoms with van der Waals surface area (Å²) in [6, 6.07) is 6.87. The molecule has 0 bridgehead atoms. The Hall–Kier alpha value is -1.76. The molecule has 0 spiro atoms. The number of hydrogen-bond acceptors (Lipinski definition) is 1. The quantitative estimate of drug-likeness (QED) is 0.545. The van der Waals surface area contributed by atoms with Crippen LogP contribution in [0.5, 0.6) is 5.75 Å². The maximum Gasteiger partial charge on any atom is 0.123 e. The van der Waals surface area contributed by atoms with E-state index < -0.39 is 0 Å². The fourth-order valence-electron chi connectivity index (χ4n) is 4.49. The third-order valence-electron chi connectivity index (χ3n) is 5.86. The Morgan fingerprint density at radius 1 is 0.690 bits per heavy atom. The largest absolute Gasteiger partial charge is 0.507 e. The SMILES string of the molecule is CCc1cc(C(C)(C)C)c(O)c(C(C)(C)C)c1-c1c(C)cc(C)cc1C(C)(C)C. The van der Waals surface area contributed by atoms with Crippen molar-refractivity contribution in [3.8, 4) is 16.9 Å². The van der Waals surface area contributed by atoms with Crippen LogP contribution >= 0.6 is 0 Å². The highest BCUT2D eigenvalue weighted by Gasteiger charge is 2.33. The molecule has 0 atom stereocenters. The zero-order valence-electron chi connectivity index (χ0n) is 20.9. The highest BCUT2D eigenvalue weighted by Crippen LogP contribution is 2.49. The Balaban J connectivity index is 3.16. The summed E-state index contributed by atoms with van der Waals surface area (Å²) in [6.45, 7) is 26.7. The van der Waals surface area contributed by atoms with Gasteiger partial charge < -0.3 is 5.11 Å². The number of benzene rings is 2. The van der Waals surface area contributed by atoms with Crippen molar-refractivity contribution >= 4 is 0 Å². The number of phenols is 1. The van der Waals surface area contributed by atoms with E-state index >= 15 is 0 Å². The van der Waals surface area contributed by atoms with Crippen molar-refractivity contribution in [3.63, 3.8) is 0 Å². The van der Waals surface area contributed by atoms with Gasteiger partial charge in [0, 0.05) is 5.56 Å². The Bertz CT molecular complexity index is 910. The van der Waals surface area contributed by atoms with Gasteiger partial charge in [-0.1, -0.05) is 93.0 Å². The van der Waals surface area contributed by atoms with E-state index in [1.807, 2.05) is 0 Å². The molecular formula is C28H42O. The molecule has 0 amide bonds. The maximum atomic E-state index is 11.6. The molecule has 0 aromatic heterocycles. The lowest BCUT2D eigenvalue weighted by atomic mass is 9.70. The Morgan fingerprint density at radius 2 is 1.21 bits per heavy atom. The third kappa shape index (κ3) is 4.55. The summed E-state index contributed by atoms with van der Waals surface area (Å²) in [7, 11) is 0. The van der Waals surface area contributed by atoms with Crippen LogP contribution in [0.1, 0.15) is 103 Å². The first kappa shape index (κ1) is 23.5. The van der Waals surface area contributed by atoms with Crippen LogP contribution in [0.3, 0.4) is 0 Å². The molecule has 0 heterocycles. The zero-order valence-corrected chi connectivity index (χ0v) is 20.9. The molecule has 0 saturated heterocycles. The van der Waals surface area contributed by atoms with Crippen molar-refractivity contribution in [2.45, 2.75) is 106 Å². The lowest BCUT2D eigenvalue weighted by Gasteiger charge is -2.34. The van der Waals surface area contributed by atoms with Crippen molar-refractivity contribution in [2.75, 3.05) is 0 Å². The van der Waals surface area contributed by atoms with E-state index in [0.717, 1.165) is 17.5 Å². The fraction of sp³-hybridized carbons (Fsp3) is 0.571. The van der Waals surface area contributed by atoms with Crippen LogP contribution in [-0.2, 0) is 22.7 Å². The van der Waals surface area contributed by atoms with Crippen molar-refractivity contribution in [1.29, 1.82) is 0 Å². The molecule has 0 aliphatic carbocycles. The number of hydrogen-bond donors (Lipinski definition) is 1. The van der Waals surface area contributed by atoms with E-state index in [0.29, 0.717) is 5.75 Å². The van der Waals surface area contributed by atoms with Crippen LogP contribution in [0.25, 0.3) is 11.1 Å². The molecule has 160 valence electrons. The number of rotatable bonds is 2. The predicted molar refractivity (Wildman–Crippen MR) is 128 cm³/mol. The summed E-state index contributed by atoms with van der Waals surface area (Å²) in [6.07, 6.45) is 0.943. The average Bonchev–Trinajstić information content (AvgIpc) is 2.50. The lowest BCUT2D eigenvalue weighted by molar-refractivity contribution is 0.423. The lowest BCUT2D eigenvalue weighted by Crippen LogP contribution is -2.21. The van der Waals surface area contributed by atoms with Gasteiger partial charge in [-0.15, -0.1) is 0 Å². The average molecular weight is 395 g/mol. The second-order valence-corrected chi connectivity index (χ2v) is 11.8. The smallest absolute Gasteiger partial charge is 0.123 e. The Kier molecular flexibility index (Phi) is 6.07. The van der Waals surface area contributed by atoms with Gasteiger partial charge in [-0.05, 0) is 69.9 Å². The second kappa shape index (κ2) is 7.49. The zero-order chi connectivity index (χ0) is 22.5. The van der Waals surface area contributed by atoms with Crippen LogP contribution in [0, 0.1) is 13.8 Å². The van der Waals surface area contributed by atoms with Crippen LogP contribution in [-0.4, -0.2) is 5.11 Å². The van der Waals surface area contributed by atoms with Gasteiger partial charge in [-0.25, -0.2) is 0 Å². The molecule has 0 aliphatic rings. The molecule has 0 aliphatic heterocycles. The topological polar surface area (TPSA) is 20.2 Å². The first-order chi connectivity index (χ1) is 13.0. The molecule has 0 fully saturated rings. The van der Waals surface area contributed by atoms with Gasteiger partial charge in [-0.3, -0.25) is 0 Å². The molecule has 2 aromatic carbocycles. The van der Waals surface area contributed by atoms with Crippen molar-refractivity contribution in [3.05, 3.63) is 51.6 Å². The van der Waals surface area contributed by atoms with Crippen molar-refractivity contribution in [2.24, 2.45) is 0 Å². The van der Waals surface area contributed by atoms with E-state index in [9.17, 15) is 5.11 Å². The molecule has 0 saturated carbocycles. The number of aromatic hydroxyl groups is 1. The molecule has 1 nitrogen and oxygen atoms in total. The van der Waals surface area contributed by atoms with Gasteiger partial charge in [0.15, 0.2) is 0 Å². The van der Waals surface area contributed by atoms with Crippen LogP contribution in [0.15, 0.2) is 18.2 Å². The van der Waals surface area contributed by atoms with Gasteiger partial charge in [-0.2, -0.15) is 0 Å². The molecule has 0 radical (unpaired) electrons. The highest BCUT2D eigenvalue weighted by atomic mass is 16.3. The Labute approximate surface area is 179 Å². The standard InChI is InChI=1S/C28H42O/c1-13-19-16-21(27(7,8)9)25(29)24(28(10,11)12)23(19)22-18(3)14-17(2)15-20(22)26(4,5)6/h14-16,29H,13H2,1-12H3. The molecule has 1 heteroatoms. The van der Waals surface area contributed by atoms with Gasteiger partial charge in [0.05, 0.1) is 0 Å². The van der Waals surface area contributed by atoms with E-state index in [2.05, 4.69) is 101 Å². The summed E-state index contributed by atoms with van der Waals surface area (Å²) in [5, 5.41) is 11.6. The predicted octanol–water partition coefficient (Wildman–Crippen LogP) is 8.13.